The molecule has 7 heteroatoms. The van der Waals surface area contributed by atoms with Crippen LogP contribution in [0.4, 0.5) is 0 Å². The molecular weight excluding hydrogens is 443 g/mol. The molecule has 1 atom stereocenters. The molecule has 0 spiro atoms. The highest BCUT2D eigenvalue weighted by Gasteiger charge is 2.16. The number of ether oxygens (including phenoxy) is 2. The summed E-state index contributed by atoms with van der Waals surface area (Å²) in [5.41, 5.74) is 0. The Labute approximate surface area is 177 Å². The number of hydrogen-bond donors (Lipinski definition) is 2. The van der Waals surface area contributed by atoms with Gasteiger partial charge in [0, 0.05) is 45.9 Å². The van der Waals surface area contributed by atoms with E-state index in [1.165, 1.54) is 32.4 Å². The topological polar surface area (TPSA) is 58.1 Å². The second kappa shape index (κ2) is 18.3. The van der Waals surface area contributed by atoms with Gasteiger partial charge in [0.2, 0.25) is 0 Å². The molecule has 0 aromatic rings. The molecule has 0 radical (unpaired) electrons. The molecule has 0 amide bonds. The zero-order valence-electron chi connectivity index (χ0n) is 17.1. The Hall–Kier alpha value is -0.120. The molecule has 1 unspecified atom stereocenters. The van der Waals surface area contributed by atoms with Gasteiger partial charge in [0.25, 0.3) is 0 Å². The number of methoxy groups -OCH3 is 1. The van der Waals surface area contributed by atoms with E-state index >= 15 is 0 Å². The van der Waals surface area contributed by atoms with E-state index in [2.05, 4.69) is 29.4 Å². The SMILES string of the molecule is CCNC(=NCCCN1CCCCC1C)NCCCCOCCOC.I. The van der Waals surface area contributed by atoms with Crippen molar-refractivity contribution in [2.75, 3.05) is 59.7 Å². The Balaban J connectivity index is 0.00000625. The number of rotatable bonds is 13. The first kappa shape index (κ1) is 25.9. The first-order valence-electron chi connectivity index (χ1n) is 10.1. The number of nitrogens with one attached hydrogen (secondary N) is 2. The quantitative estimate of drug-likeness (QED) is 0.182. The predicted octanol–water partition coefficient (Wildman–Crippen LogP) is 2.87. The van der Waals surface area contributed by atoms with Crippen molar-refractivity contribution in [3.8, 4) is 0 Å². The smallest absolute Gasteiger partial charge is 0.191 e. The van der Waals surface area contributed by atoms with Gasteiger partial charge in [0.1, 0.15) is 0 Å². The van der Waals surface area contributed by atoms with Gasteiger partial charge in [-0.15, -0.1) is 24.0 Å². The molecular formula is C19H41IN4O2. The van der Waals surface area contributed by atoms with Crippen LogP contribution in [-0.4, -0.2) is 76.6 Å². The lowest BCUT2D eigenvalue weighted by Gasteiger charge is -2.33. The van der Waals surface area contributed by atoms with E-state index in [4.69, 9.17) is 14.5 Å². The van der Waals surface area contributed by atoms with Crippen LogP contribution in [0.3, 0.4) is 0 Å². The highest BCUT2D eigenvalue weighted by molar-refractivity contribution is 14.0. The maximum atomic E-state index is 5.47. The molecule has 0 aromatic carbocycles. The Bertz CT molecular complexity index is 346. The van der Waals surface area contributed by atoms with Gasteiger partial charge in [-0.25, -0.2) is 0 Å². The van der Waals surface area contributed by atoms with Crippen LogP contribution in [0, 0.1) is 0 Å². The van der Waals surface area contributed by atoms with Gasteiger partial charge in [-0.2, -0.15) is 0 Å². The standard InChI is InChI=1S/C19H40N4O2.HI/c1-4-20-19(21-11-6-8-15-25-17-16-24-3)22-12-9-14-23-13-7-5-10-18(23)2;/h18H,4-17H2,1-3H3,(H2,20,21,22);1H. The predicted molar refractivity (Wildman–Crippen MR) is 121 cm³/mol. The molecule has 2 N–H and O–H groups in total. The summed E-state index contributed by atoms with van der Waals surface area (Å²) < 4.78 is 10.4. The molecule has 0 aliphatic carbocycles. The molecule has 156 valence electrons. The van der Waals surface area contributed by atoms with Crippen LogP contribution in [0.25, 0.3) is 0 Å². The summed E-state index contributed by atoms with van der Waals surface area (Å²) in [5, 5.41) is 6.74. The van der Waals surface area contributed by atoms with Crippen molar-refractivity contribution in [1.29, 1.82) is 0 Å². The third-order valence-corrected chi connectivity index (χ3v) is 4.60. The van der Waals surface area contributed by atoms with Gasteiger partial charge in [0.05, 0.1) is 13.2 Å². The highest BCUT2D eigenvalue weighted by atomic mass is 127. The summed E-state index contributed by atoms with van der Waals surface area (Å²) in [6.45, 7) is 11.8. The molecule has 1 fully saturated rings. The van der Waals surface area contributed by atoms with Crippen LogP contribution >= 0.6 is 24.0 Å². The Morgan fingerprint density at radius 3 is 2.69 bits per heavy atom. The zero-order valence-corrected chi connectivity index (χ0v) is 19.4. The molecule has 1 aliphatic rings. The largest absolute Gasteiger partial charge is 0.382 e. The van der Waals surface area contributed by atoms with E-state index in [1.807, 2.05) is 0 Å². The van der Waals surface area contributed by atoms with E-state index in [-0.39, 0.29) is 24.0 Å². The fourth-order valence-corrected chi connectivity index (χ4v) is 3.08. The van der Waals surface area contributed by atoms with Crippen LogP contribution in [0.2, 0.25) is 0 Å². The van der Waals surface area contributed by atoms with Gasteiger partial charge in [-0.1, -0.05) is 6.42 Å². The van der Waals surface area contributed by atoms with Gasteiger partial charge in [0.15, 0.2) is 5.96 Å². The van der Waals surface area contributed by atoms with Crippen molar-refractivity contribution in [1.82, 2.24) is 15.5 Å². The molecule has 1 aliphatic heterocycles. The summed E-state index contributed by atoms with van der Waals surface area (Å²) in [7, 11) is 1.70. The fraction of sp³-hybridized carbons (Fsp3) is 0.947. The highest BCUT2D eigenvalue weighted by Crippen LogP contribution is 2.16. The van der Waals surface area contributed by atoms with Crippen molar-refractivity contribution < 1.29 is 9.47 Å². The molecule has 1 heterocycles. The van der Waals surface area contributed by atoms with Crippen LogP contribution in [0.1, 0.15) is 52.4 Å². The first-order valence-corrected chi connectivity index (χ1v) is 10.1. The lowest BCUT2D eigenvalue weighted by Crippen LogP contribution is -2.39. The van der Waals surface area contributed by atoms with Crippen LogP contribution < -0.4 is 10.6 Å². The third-order valence-electron chi connectivity index (χ3n) is 4.60. The van der Waals surface area contributed by atoms with Gasteiger partial charge in [-0.3, -0.25) is 4.99 Å². The van der Waals surface area contributed by atoms with Gasteiger partial charge in [-0.05, 0) is 52.5 Å². The summed E-state index contributed by atoms with van der Waals surface area (Å²) in [6, 6.07) is 0.746. The summed E-state index contributed by atoms with van der Waals surface area (Å²) in [5.74, 6) is 0.939. The first-order chi connectivity index (χ1) is 12.3. The zero-order chi connectivity index (χ0) is 18.2. The number of likely N-dealkylation sites (tertiary alicyclic amines) is 1. The van der Waals surface area contributed by atoms with Gasteiger partial charge >= 0.3 is 0 Å². The molecule has 6 nitrogen and oxygen atoms in total. The minimum atomic E-state index is 0. The number of nitrogens with zero attached hydrogens (tertiary/aromatic N) is 2. The number of unbranched alkanes of at least 4 members (excludes halogenated alkanes) is 1. The van der Waals surface area contributed by atoms with Crippen molar-refractivity contribution >= 4 is 29.9 Å². The normalized spacial score (nSPS) is 18.4. The molecule has 1 rings (SSSR count). The minimum Gasteiger partial charge on any atom is -0.382 e. The fourth-order valence-electron chi connectivity index (χ4n) is 3.08. The lowest BCUT2D eigenvalue weighted by molar-refractivity contribution is 0.0689. The molecule has 1 saturated heterocycles. The maximum Gasteiger partial charge on any atom is 0.191 e. The van der Waals surface area contributed by atoms with E-state index in [1.54, 1.807) is 7.11 Å². The van der Waals surface area contributed by atoms with Crippen molar-refractivity contribution in [3.05, 3.63) is 0 Å². The maximum absolute atomic E-state index is 5.47. The number of aliphatic imine (C=N–C) groups is 1. The second-order valence-corrected chi connectivity index (χ2v) is 6.73. The average Bonchev–Trinajstić information content (AvgIpc) is 2.62. The number of guanidine groups is 1. The van der Waals surface area contributed by atoms with E-state index < -0.39 is 0 Å². The Morgan fingerprint density at radius 1 is 1.12 bits per heavy atom. The number of hydrogen-bond acceptors (Lipinski definition) is 4. The second-order valence-electron chi connectivity index (χ2n) is 6.73. The Morgan fingerprint density at radius 2 is 1.96 bits per heavy atom. The third kappa shape index (κ3) is 13.1. The van der Waals surface area contributed by atoms with Crippen LogP contribution in [0.15, 0.2) is 4.99 Å². The number of halogens is 1. The molecule has 0 aromatic heterocycles. The Kier molecular flexibility index (Phi) is 18.2. The van der Waals surface area contributed by atoms with Crippen molar-refractivity contribution in [3.63, 3.8) is 0 Å². The van der Waals surface area contributed by atoms with E-state index in [0.29, 0.717) is 13.2 Å². The molecule has 0 saturated carbocycles. The summed E-state index contributed by atoms with van der Waals surface area (Å²) in [6.07, 6.45) is 7.37. The minimum absolute atomic E-state index is 0. The van der Waals surface area contributed by atoms with Crippen LogP contribution in [-0.2, 0) is 9.47 Å². The summed E-state index contributed by atoms with van der Waals surface area (Å²) >= 11 is 0. The molecule has 0 bridgehead atoms. The monoisotopic (exact) mass is 484 g/mol. The van der Waals surface area contributed by atoms with E-state index in [0.717, 1.165) is 57.5 Å². The number of piperidine rings is 1. The van der Waals surface area contributed by atoms with E-state index in [9.17, 15) is 0 Å². The molecule has 26 heavy (non-hydrogen) atoms. The summed E-state index contributed by atoms with van der Waals surface area (Å²) in [4.78, 5) is 7.32. The average molecular weight is 484 g/mol. The van der Waals surface area contributed by atoms with Gasteiger partial charge < -0.3 is 25.0 Å². The van der Waals surface area contributed by atoms with Crippen molar-refractivity contribution in [2.24, 2.45) is 4.99 Å². The van der Waals surface area contributed by atoms with Crippen molar-refractivity contribution in [2.45, 2.75) is 58.4 Å². The van der Waals surface area contributed by atoms with Crippen LogP contribution in [0.5, 0.6) is 0 Å². The lowest BCUT2D eigenvalue weighted by atomic mass is 10.0.